The lowest BCUT2D eigenvalue weighted by Crippen LogP contribution is -2.52. The number of imidazole rings is 1. The van der Waals surface area contributed by atoms with Crippen LogP contribution in [0.15, 0.2) is 23.0 Å². The van der Waals surface area contributed by atoms with E-state index in [0.717, 1.165) is 76.0 Å². The molecule has 4 fully saturated rings. The third-order valence-electron chi connectivity index (χ3n) is 9.96. The Bertz CT molecular complexity index is 1480. The van der Waals surface area contributed by atoms with E-state index >= 15 is 4.39 Å². The molecule has 46 heavy (non-hydrogen) atoms. The normalized spacial score (nSPS) is 24.0. The Hall–Kier alpha value is -3.30. The van der Waals surface area contributed by atoms with Crippen molar-refractivity contribution in [3.05, 3.63) is 34.2 Å². The number of imide groups is 1. The van der Waals surface area contributed by atoms with Gasteiger partial charge in [0.25, 0.3) is 0 Å². The number of fused-ring (bicyclic) bond motifs is 1. The SMILES string of the molecule is Cn1c(=O)n(C2CCC(=O)NC2=O)c2ccc(C3CCN(C4CCN(CC5(F)CCNCC5)CC4)CC3)cc21.O=C(O)C(F)(F)F. The summed E-state index contributed by atoms with van der Waals surface area (Å²) in [6, 6.07) is 6.12. The van der Waals surface area contributed by atoms with E-state index in [4.69, 9.17) is 9.90 Å². The average Bonchev–Trinajstić information content (AvgIpc) is 3.26. The summed E-state index contributed by atoms with van der Waals surface area (Å²) in [5.74, 6) is -3.01. The number of carbonyl (C=O) groups excluding carboxylic acids is 2. The molecule has 0 spiro atoms. The zero-order valence-electron chi connectivity index (χ0n) is 26.0. The number of likely N-dealkylation sites (tertiary alicyclic amines) is 2. The highest BCUT2D eigenvalue weighted by Gasteiger charge is 2.38. The number of hydrogen-bond donors (Lipinski definition) is 3. The maximum Gasteiger partial charge on any atom is 0.490 e. The Morgan fingerprint density at radius 2 is 1.61 bits per heavy atom. The van der Waals surface area contributed by atoms with Gasteiger partial charge in [-0.15, -0.1) is 0 Å². The fourth-order valence-electron chi connectivity index (χ4n) is 7.34. The number of rotatable bonds is 5. The summed E-state index contributed by atoms with van der Waals surface area (Å²) in [6.45, 7) is 6.25. The fourth-order valence-corrected chi connectivity index (χ4v) is 7.34. The van der Waals surface area contributed by atoms with Crippen LogP contribution in [-0.2, 0) is 21.4 Å². The molecule has 1 aromatic heterocycles. The second-order valence-electron chi connectivity index (χ2n) is 12.9. The van der Waals surface area contributed by atoms with Crippen molar-refractivity contribution in [2.45, 2.75) is 81.2 Å². The molecule has 2 amide bonds. The number of hydrogen-bond acceptors (Lipinski definition) is 7. The summed E-state index contributed by atoms with van der Waals surface area (Å²) < 4.78 is 50.0. The zero-order valence-corrected chi connectivity index (χ0v) is 26.0. The van der Waals surface area contributed by atoms with E-state index in [1.54, 1.807) is 16.2 Å². The summed E-state index contributed by atoms with van der Waals surface area (Å²) in [5, 5.41) is 12.8. The number of benzene rings is 1. The number of aromatic nitrogens is 2. The molecule has 1 aromatic carbocycles. The Morgan fingerprint density at radius 3 is 2.20 bits per heavy atom. The van der Waals surface area contributed by atoms with Gasteiger partial charge in [-0.2, -0.15) is 13.2 Å². The first-order valence-electron chi connectivity index (χ1n) is 16.0. The van der Waals surface area contributed by atoms with Crippen molar-refractivity contribution in [1.82, 2.24) is 29.6 Å². The summed E-state index contributed by atoms with van der Waals surface area (Å²) >= 11 is 0. The van der Waals surface area contributed by atoms with Crippen LogP contribution in [0.2, 0.25) is 0 Å². The lowest BCUT2D eigenvalue weighted by atomic mass is 9.87. The van der Waals surface area contributed by atoms with Gasteiger partial charge in [0.2, 0.25) is 11.8 Å². The number of halogens is 4. The number of nitrogens with one attached hydrogen (secondary N) is 2. The molecule has 0 saturated carbocycles. The predicted octanol–water partition coefficient (Wildman–Crippen LogP) is 2.69. The first kappa shape index (κ1) is 34.0. The van der Waals surface area contributed by atoms with Crippen molar-refractivity contribution in [3.63, 3.8) is 0 Å². The minimum Gasteiger partial charge on any atom is -0.475 e. The quantitative estimate of drug-likeness (QED) is 0.332. The maximum atomic E-state index is 15.1. The number of piperidine rings is 4. The second kappa shape index (κ2) is 13.8. The van der Waals surface area contributed by atoms with Crippen molar-refractivity contribution in [2.75, 3.05) is 45.8 Å². The molecular formula is C31H42F4N6O5. The molecule has 5 heterocycles. The first-order chi connectivity index (χ1) is 21.8. The number of alkyl halides is 4. The predicted molar refractivity (Wildman–Crippen MR) is 161 cm³/mol. The number of nitrogens with zero attached hydrogens (tertiary/aromatic N) is 4. The minimum absolute atomic E-state index is 0.225. The summed E-state index contributed by atoms with van der Waals surface area (Å²) in [7, 11) is 1.75. The number of aliphatic carboxylic acids is 1. The van der Waals surface area contributed by atoms with Gasteiger partial charge in [0, 0.05) is 26.1 Å². The molecule has 15 heteroatoms. The van der Waals surface area contributed by atoms with Gasteiger partial charge in [-0.05, 0) is 108 Å². The van der Waals surface area contributed by atoms with E-state index in [2.05, 4.69) is 32.6 Å². The Kier molecular flexibility index (Phi) is 10.2. The van der Waals surface area contributed by atoms with E-state index in [-0.39, 0.29) is 18.0 Å². The molecule has 4 aliphatic rings. The van der Waals surface area contributed by atoms with Crippen molar-refractivity contribution >= 4 is 28.8 Å². The first-order valence-corrected chi connectivity index (χ1v) is 16.0. The standard InChI is InChI=1S/C29H41FN6O3.C2HF3O2/c1-33-25-18-21(2-3-23(25)36(28(33)39)24-4-5-26(37)32-27(24)38)20-6-16-35(17-7-20)22-8-14-34(15-9-22)19-29(30)10-12-31-13-11-29;3-2(4,5)1(6)7/h2-3,18,20,22,24,31H,4-17,19H2,1H3,(H,32,37,38);(H,6,7). The largest absolute Gasteiger partial charge is 0.490 e. The van der Waals surface area contributed by atoms with Crippen molar-refractivity contribution in [2.24, 2.45) is 7.05 Å². The van der Waals surface area contributed by atoms with Crippen LogP contribution in [0.4, 0.5) is 17.6 Å². The Balaban J connectivity index is 0.000000537. The van der Waals surface area contributed by atoms with Crippen LogP contribution < -0.4 is 16.3 Å². The topological polar surface area (TPSA) is 129 Å². The van der Waals surface area contributed by atoms with Gasteiger partial charge in [0.15, 0.2) is 0 Å². The van der Waals surface area contributed by atoms with Gasteiger partial charge in [-0.25, -0.2) is 14.0 Å². The number of carbonyl (C=O) groups is 3. The smallest absolute Gasteiger partial charge is 0.475 e. The van der Waals surface area contributed by atoms with Gasteiger partial charge in [0.1, 0.15) is 11.7 Å². The second-order valence-corrected chi connectivity index (χ2v) is 12.9. The molecule has 4 aliphatic heterocycles. The Labute approximate surface area is 263 Å². The van der Waals surface area contributed by atoms with Crippen LogP contribution in [0.3, 0.4) is 0 Å². The number of carboxylic acid groups (broad SMARTS) is 1. The average molecular weight is 655 g/mol. The van der Waals surface area contributed by atoms with Crippen molar-refractivity contribution < 1.29 is 37.1 Å². The highest BCUT2D eigenvalue weighted by Crippen LogP contribution is 2.34. The molecule has 0 aliphatic carbocycles. The molecule has 0 radical (unpaired) electrons. The minimum atomic E-state index is -5.08. The van der Waals surface area contributed by atoms with E-state index in [9.17, 15) is 27.6 Å². The third-order valence-corrected chi connectivity index (χ3v) is 9.96. The Morgan fingerprint density at radius 1 is 0.978 bits per heavy atom. The fraction of sp³-hybridized carbons (Fsp3) is 0.677. The van der Waals surface area contributed by atoms with Crippen LogP contribution in [0.1, 0.15) is 68.9 Å². The van der Waals surface area contributed by atoms with Gasteiger partial charge in [-0.3, -0.25) is 24.0 Å². The van der Waals surface area contributed by atoms with E-state index in [1.165, 1.54) is 5.56 Å². The molecule has 0 bridgehead atoms. The van der Waals surface area contributed by atoms with Gasteiger partial charge >= 0.3 is 17.8 Å². The monoisotopic (exact) mass is 654 g/mol. The number of aryl methyl sites for hydroxylation is 1. The lowest BCUT2D eigenvalue weighted by molar-refractivity contribution is -0.192. The van der Waals surface area contributed by atoms with E-state index < -0.39 is 29.8 Å². The number of carboxylic acids is 1. The van der Waals surface area contributed by atoms with E-state index in [0.29, 0.717) is 37.8 Å². The molecule has 3 N–H and O–H groups in total. The molecule has 1 atom stereocenters. The van der Waals surface area contributed by atoms with Crippen molar-refractivity contribution in [1.29, 1.82) is 0 Å². The number of amides is 2. The van der Waals surface area contributed by atoms with Gasteiger partial charge < -0.3 is 20.2 Å². The third kappa shape index (κ3) is 7.63. The maximum absolute atomic E-state index is 15.1. The highest BCUT2D eigenvalue weighted by molar-refractivity contribution is 6.00. The molecule has 254 valence electrons. The van der Waals surface area contributed by atoms with Crippen molar-refractivity contribution in [3.8, 4) is 0 Å². The lowest BCUT2D eigenvalue weighted by Gasteiger charge is -2.43. The summed E-state index contributed by atoms with van der Waals surface area (Å²) in [4.78, 5) is 51.1. The molecule has 4 saturated heterocycles. The van der Waals surface area contributed by atoms with Gasteiger partial charge in [-0.1, -0.05) is 6.07 Å². The van der Waals surface area contributed by atoms with Crippen LogP contribution in [-0.4, -0.2) is 106 Å². The van der Waals surface area contributed by atoms with Crippen LogP contribution >= 0.6 is 0 Å². The van der Waals surface area contributed by atoms with E-state index in [1.807, 2.05) is 6.07 Å². The van der Waals surface area contributed by atoms with Crippen LogP contribution in [0.5, 0.6) is 0 Å². The molecule has 6 rings (SSSR count). The highest BCUT2D eigenvalue weighted by atomic mass is 19.4. The molecular weight excluding hydrogens is 612 g/mol. The van der Waals surface area contributed by atoms with Crippen LogP contribution in [0.25, 0.3) is 11.0 Å². The molecule has 11 nitrogen and oxygen atoms in total. The van der Waals surface area contributed by atoms with Gasteiger partial charge in [0.05, 0.1) is 11.0 Å². The van der Waals surface area contributed by atoms with Crippen LogP contribution in [0, 0.1) is 0 Å². The molecule has 1 unspecified atom stereocenters. The summed E-state index contributed by atoms with van der Waals surface area (Å²) in [5.41, 5.74) is 1.56. The zero-order chi connectivity index (χ0) is 33.2. The summed E-state index contributed by atoms with van der Waals surface area (Å²) in [6.07, 6.45) is 1.13. The molecule has 2 aromatic rings.